The Bertz CT molecular complexity index is 630. The Labute approximate surface area is 106 Å². The average Bonchev–Trinajstić information content (AvgIpc) is 2.30. The van der Waals surface area contributed by atoms with E-state index in [2.05, 4.69) is 25.3 Å². The molecular weight excluding hydrogens is 257 g/mol. The molecule has 18 heavy (non-hydrogen) atoms. The van der Waals surface area contributed by atoms with Crippen LogP contribution in [-0.2, 0) is 0 Å². The third kappa shape index (κ3) is 2.83. The highest BCUT2D eigenvalue weighted by Gasteiger charge is 2.10. The van der Waals surface area contributed by atoms with Gasteiger partial charge in [-0.2, -0.15) is 0 Å². The van der Waals surface area contributed by atoms with Crippen molar-refractivity contribution in [3.05, 3.63) is 34.1 Å². The first-order chi connectivity index (χ1) is 8.58. The number of hydrogen-bond acceptors (Lipinski definition) is 6. The molecule has 0 aromatic carbocycles. The zero-order valence-electron chi connectivity index (χ0n) is 9.69. The summed E-state index contributed by atoms with van der Waals surface area (Å²) in [7, 11) is 1.63. The van der Waals surface area contributed by atoms with Crippen molar-refractivity contribution in [3.63, 3.8) is 0 Å². The van der Waals surface area contributed by atoms with E-state index in [1.807, 2.05) is 0 Å². The average molecular weight is 267 g/mol. The SMILES string of the molecule is CNc1ncc(F)c(Sc2nc(C)cc(=O)[nH]2)n1. The molecular formula is C10H10FN5OS. The summed E-state index contributed by atoms with van der Waals surface area (Å²) >= 11 is 0.939. The summed E-state index contributed by atoms with van der Waals surface area (Å²) in [4.78, 5) is 25.5. The molecule has 8 heteroatoms. The molecule has 6 nitrogen and oxygen atoms in total. The maximum atomic E-state index is 13.5. The smallest absolute Gasteiger partial charge is 0.251 e. The predicted octanol–water partition coefficient (Wildman–Crippen LogP) is 1.20. The number of aromatic amines is 1. The van der Waals surface area contributed by atoms with Gasteiger partial charge >= 0.3 is 0 Å². The van der Waals surface area contributed by atoms with Crippen molar-refractivity contribution in [1.82, 2.24) is 19.9 Å². The number of nitrogens with zero attached hydrogens (tertiary/aromatic N) is 3. The van der Waals surface area contributed by atoms with Crippen molar-refractivity contribution < 1.29 is 4.39 Å². The van der Waals surface area contributed by atoms with E-state index in [-0.39, 0.29) is 10.6 Å². The Morgan fingerprint density at radius 3 is 2.89 bits per heavy atom. The highest BCUT2D eigenvalue weighted by atomic mass is 32.2. The molecule has 2 aromatic rings. The van der Waals surface area contributed by atoms with Crippen LogP contribution in [-0.4, -0.2) is 27.0 Å². The summed E-state index contributed by atoms with van der Waals surface area (Å²) in [5.41, 5.74) is 0.276. The number of anilines is 1. The fourth-order valence-electron chi connectivity index (χ4n) is 1.24. The standard InChI is InChI=1S/C10H10FN5OS/c1-5-3-7(17)15-10(14-5)18-8-6(11)4-13-9(12-2)16-8/h3-4H,1-2H3,(H,12,13,16)(H,14,15,17). The van der Waals surface area contributed by atoms with Gasteiger partial charge in [0.05, 0.1) is 6.20 Å². The largest absolute Gasteiger partial charge is 0.357 e. The van der Waals surface area contributed by atoms with Gasteiger partial charge in [-0.3, -0.25) is 4.79 Å². The van der Waals surface area contributed by atoms with E-state index >= 15 is 0 Å². The lowest BCUT2D eigenvalue weighted by Crippen LogP contribution is -2.08. The van der Waals surface area contributed by atoms with Crippen LogP contribution in [0.5, 0.6) is 0 Å². The van der Waals surface area contributed by atoms with Crippen LogP contribution in [0.3, 0.4) is 0 Å². The summed E-state index contributed by atoms with van der Waals surface area (Å²) in [6, 6.07) is 1.36. The van der Waals surface area contributed by atoms with Crippen LogP contribution < -0.4 is 10.9 Å². The lowest BCUT2D eigenvalue weighted by atomic mass is 10.5. The molecule has 0 aliphatic rings. The van der Waals surface area contributed by atoms with Gasteiger partial charge in [0.25, 0.3) is 5.56 Å². The van der Waals surface area contributed by atoms with E-state index < -0.39 is 5.82 Å². The van der Waals surface area contributed by atoms with Crippen LogP contribution in [0.15, 0.2) is 27.2 Å². The highest BCUT2D eigenvalue weighted by Crippen LogP contribution is 2.24. The molecule has 94 valence electrons. The summed E-state index contributed by atoms with van der Waals surface area (Å²) in [5, 5.41) is 3.10. The van der Waals surface area contributed by atoms with Crippen molar-refractivity contribution >= 4 is 17.7 Å². The third-order valence-electron chi connectivity index (χ3n) is 1.98. The van der Waals surface area contributed by atoms with E-state index in [9.17, 15) is 9.18 Å². The van der Waals surface area contributed by atoms with Crippen LogP contribution in [0.2, 0.25) is 0 Å². The first-order valence-corrected chi connectivity index (χ1v) is 5.86. The third-order valence-corrected chi connectivity index (χ3v) is 2.84. The Hall–Kier alpha value is -1.96. The molecule has 0 radical (unpaired) electrons. The molecule has 0 saturated carbocycles. The zero-order valence-corrected chi connectivity index (χ0v) is 10.5. The van der Waals surface area contributed by atoms with Crippen LogP contribution in [0.4, 0.5) is 10.3 Å². The van der Waals surface area contributed by atoms with Crippen molar-refractivity contribution in [3.8, 4) is 0 Å². The Balaban J connectivity index is 2.36. The summed E-state index contributed by atoms with van der Waals surface area (Å²) < 4.78 is 13.5. The van der Waals surface area contributed by atoms with Crippen LogP contribution in [0, 0.1) is 12.7 Å². The number of aromatic nitrogens is 4. The molecule has 0 spiro atoms. The van der Waals surface area contributed by atoms with Crippen LogP contribution in [0.1, 0.15) is 5.69 Å². The van der Waals surface area contributed by atoms with E-state index in [0.29, 0.717) is 16.8 Å². The minimum absolute atomic E-state index is 0.100. The molecule has 0 saturated heterocycles. The summed E-state index contributed by atoms with van der Waals surface area (Å²) in [5.74, 6) is -0.267. The molecule has 0 aliphatic carbocycles. The molecule has 2 heterocycles. The number of nitrogens with one attached hydrogen (secondary N) is 2. The number of halogens is 1. The molecule has 0 atom stereocenters. The second kappa shape index (κ2) is 5.13. The monoisotopic (exact) mass is 267 g/mol. The number of rotatable bonds is 3. The maximum Gasteiger partial charge on any atom is 0.251 e. The fraction of sp³-hybridized carbons (Fsp3) is 0.200. The van der Waals surface area contributed by atoms with Crippen molar-refractivity contribution in [1.29, 1.82) is 0 Å². The Morgan fingerprint density at radius 1 is 1.44 bits per heavy atom. The first-order valence-electron chi connectivity index (χ1n) is 5.04. The number of aryl methyl sites for hydroxylation is 1. The highest BCUT2D eigenvalue weighted by molar-refractivity contribution is 7.99. The summed E-state index contributed by atoms with van der Waals surface area (Å²) in [6.07, 6.45) is 1.06. The first kappa shape index (κ1) is 12.5. The Kier molecular flexibility index (Phi) is 3.56. The molecule has 2 aromatic heterocycles. The second-order valence-electron chi connectivity index (χ2n) is 3.39. The molecule has 2 rings (SSSR count). The van der Waals surface area contributed by atoms with Crippen molar-refractivity contribution in [2.75, 3.05) is 12.4 Å². The van der Waals surface area contributed by atoms with Crippen LogP contribution >= 0.6 is 11.8 Å². The van der Waals surface area contributed by atoms with Gasteiger partial charge < -0.3 is 10.3 Å². The van der Waals surface area contributed by atoms with E-state index in [4.69, 9.17) is 0 Å². The van der Waals surface area contributed by atoms with Crippen molar-refractivity contribution in [2.24, 2.45) is 0 Å². The Morgan fingerprint density at radius 2 is 2.22 bits per heavy atom. The second-order valence-corrected chi connectivity index (χ2v) is 4.37. The summed E-state index contributed by atoms with van der Waals surface area (Å²) in [6.45, 7) is 1.69. The topological polar surface area (TPSA) is 83.6 Å². The minimum Gasteiger partial charge on any atom is -0.357 e. The van der Waals surface area contributed by atoms with Gasteiger partial charge in [-0.25, -0.2) is 19.3 Å². The maximum absolute atomic E-state index is 13.5. The lowest BCUT2D eigenvalue weighted by molar-refractivity contribution is 0.579. The molecule has 0 amide bonds. The predicted molar refractivity (Wildman–Crippen MR) is 65.3 cm³/mol. The van der Waals surface area contributed by atoms with E-state index in [1.165, 1.54) is 6.07 Å². The fourth-order valence-corrected chi connectivity index (χ4v) is 2.04. The molecule has 0 bridgehead atoms. The van der Waals surface area contributed by atoms with Gasteiger partial charge in [-0.1, -0.05) is 0 Å². The van der Waals surface area contributed by atoms with E-state index in [1.54, 1.807) is 14.0 Å². The van der Waals surface area contributed by atoms with Gasteiger partial charge in [0.2, 0.25) is 5.95 Å². The van der Waals surface area contributed by atoms with Gasteiger partial charge in [-0.15, -0.1) is 0 Å². The molecule has 2 N–H and O–H groups in total. The quantitative estimate of drug-likeness (QED) is 0.642. The molecule has 0 unspecified atom stereocenters. The van der Waals surface area contributed by atoms with E-state index in [0.717, 1.165) is 18.0 Å². The molecule has 0 fully saturated rings. The van der Waals surface area contributed by atoms with Gasteiger partial charge in [0, 0.05) is 18.8 Å². The minimum atomic E-state index is -0.567. The molecule has 0 aliphatic heterocycles. The van der Waals surface area contributed by atoms with Crippen molar-refractivity contribution in [2.45, 2.75) is 17.1 Å². The van der Waals surface area contributed by atoms with Gasteiger partial charge in [-0.05, 0) is 18.7 Å². The van der Waals surface area contributed by atoms with Gasteiger partial charge in [0.1, 0.15) is 5.03 Å². The number of hydrogen-bond donors (Lipinski definition) is 2. The zero-order chi connectivity index (χ0) is 13.1. The lowest BCUT2D eigenvalue weighted by Gasteiger charge is -2.04. The number of H-pyrrole nitrogens is 1. The normalized spacial score (nSPS) is 10.4. The van der Waals surface area contributed by atoms with Crippen LogP contribution in [0.25, 0.3) is 0 Å². The van der Waals surface area contributed by atoms with Gasteiger partial charge in [0.15, 0.2) is 11.0 Å².